The number of benzene rings is 2. The number of hydrogen-bond donors (Lipinski definition) is 2. The van der Waals surface area contributed by atoms with Gasteiger partial charge in [0.25, 0.3) is 11.8 Å². The second-order valence-electron chi connectivity index (χ2n) is 5.81. The fourth-order valence-electron chi connectivity index (χ4n) is 2.56. The van der Waals surface area contributed by atoms with Gasteiger partial charge in [-0.2, -0.15) is 5.01 Å². The number of phenols is 1. The Bertz CT molecular complexity index is 1150. The molecule has 3 aromatic rings. The Hall–Kier alpha value is -3.30. The van der Waals surface area contributed by atoms with Crippen molar-refractivity contribution >= 4 is 57.2 Å². The zero-order valence-electron chi connectivity index (χ0n) is 14.2. The minimum atomic E-state index is -0.501. The maximum Gasteiger partial charge on any atom is 0.285 e. The fourth-order valence-corrected chi connectivity index (χ4v) is 3.74. The number of hydrogen-bond acceptors (Lipinski definition) is 7. The van der Waals surface area contributed by atoms with Gasteiger partial charge >= 0.3 is 0 Å². The van der Waals surface area contributed by atoms with Crippen LogP contribution in [0.5, 0.6) is 5.75 Å². The van der Waals surface area contributed by atoms with Gasteiger partial charge in [0.2, 0.25) is 0 Å². The Morgan fingerprint density at radius 1 is 1.11 bits per heavy atom. The number of thioether (sulfide) groups is 1. The number of rotatable bonds is 3. The second-order valence-corrected chi connectivity index (χ2v) is 7.49. The highest BCUT2D eigenvalue weighted by molar-refractivity contribution is 8.26. The van der Waals surface area contributed by atoms with E-state index < -0.39 is 11.8 Å². The van der Waals surface area contributed by atoms with Crippen molar-refractivity contribution in [2.75, 3.05) is 0 Å². The van der Waals surface area contributed by atoms with Gasteiger partial charge in [-0.05, 0) is 60.3 Å². The maximum atomic E-state index is 12.7. The lowest BCUT2D eigenvalue weighted by molar-refractivity contribution is -0.123. The van der Waals surface area contributed by atoms with E-state index in [4.69, 9.17) is 12.2 Å². The zero-order valence-corrected chi connectivity index (χ0v) is 15.8. The van der Waals surface area contributed by atoms with Crippen molar-refractivity contribution in [2.45, 2.75) is 0 Å². The number of hydrazine groups is 1. The van der Waals surface area contributed by atoms with E-state index in [9.17, 15) is 14.7 Å². The molecule has 1 saturated heterocycles. The molecule has 1 fully saturated rings. The molecule has 4 rings (SSSR count). The summed E-state index contributed by atoms with van der Waals surface area (Å²) in [7, 11) is 0. The van der Waals surface area contributed by atoms with Gasteiger partial charge in [-0.1, -0.05) is 17.8 Å². The average molecular weight is 408 g/mol. The Morgan fingerprint density at radius 2 is 1.82 bits per heavy atom. The normalized spacial score (nSPS) is 15.4. The number of nitrogens with one attached hydrogen (secondary N) is 1. The topological polar surface area (TPSA) is 95.4 Å². The highest BCUT2D eigenvalue weighted by atomic mass is 32.2. The first kappa shape index (κ1) is 18.1. The van der Waals surface area contributed by atoms with Crippen molar-refractivity contribution in [2.24, 2.45) is 0 Å². The summed E-state index contributed by atoms with van der Waals surface area (Å²) in [6.45, 7) is 0. The molecule has 1 aromatic heterocycles. The van der Waals surface area contributed by atoms with E-state index in [2.05, 4.69) is 15.4 Å². The number of carbonyl (C=O) groups excluding carboxylic acids is 2. The van der Waals surface area contributed by atoms with Crippen LogP contribution in [0.4, 0.5) is 0 Å². The number of fused-ring (bicyclic) bond motifs is 1. The third-order valence-corrected chi connectivity index (χ3v) is 5.23. The highest BCUT2D eigenvalue weighted by Crippen LogP contribution is 2.31. The molecule has 2 amide bonds. The third kappa shape index (κ3) is 3.57. The second kappa shape index (κ2) is 7.37. The number of aromatic hydroxyl groups is 1. The van der Waals surface area contributed by atoms with Crippen LogP contribution in [-0.4, -0.2) is 36.2 Å². The molecule has 1 aliphatic rings. The van der Waals surface area contributed by atoms with Crippen LogP contribution < -0.4 is 5.43 Å². The molecular formula is C19H12N4O3S2. The Morgan fingerprint density at radius 3 is 2.57 bits per heavy atom. The molecule has 0 saturated carbocycles. The Labute approximate surface area is 169 Å². The smallest absolute Gasteiger partial charge is 0.285 e. The molecule has 0 unspecified atom stereocenters. The molecule has 0 bridgehead atoms. The predicted molar refractivity (Wildman–Crippen MR) is 110 cm³/mol. The summed E-state index contributed by atoms with van der Waals surface area (Å²) in [6.07, 6.45) is 4.91. The SMILES string of the molecule is O=C(NN1C(=O)/C(=C\c2ccc3nccnc3c2)SC1=S)c1ccc(O)cc1. The molecule has 138 valence electrons. The molecule has 1 aliphatic heterocycles. The molecule has 2 heterocycles. The summed E-state index contributed by atoms with van der Waals surface area (Å²) in [5.41, 5.74) is 5.04. The van der Waals surface area contributed by atoms with Crippen LogP contribution in [0.25, 0.3) is 17.1 Å². The minimum absolute atomic E-state index is 0.0465. The largest absolute Gasteiger partial charge is 0.508 e. The van der Waals surface area contributed by atoms with Gasteiger partial charge in [0, 0.05) is 18.0 Å². The monoisotopic (exact) mass is 408 g/mol. The van der Waals surface area contributed by atoms with E-state index >= 15 is 0 Å². The summed E-state index contributed by atoms with van der Waals surface area (Å²) in [4.78, 5) is 33.8. The van der Waals surface area contributed by atoms with Gasteiger partial charge in [0.05, 0.1) is 15.9 Å². The number of amides is 2. The van der Waals surface area contributed by atoms with Crippen LogP contribution >= 0.6 is 24.0 Å². The number of thiocarbonyl (C=S) groups is 1. The first-order valence-electron chi connectivity index (χ1n) is 8.10. The molecule has 0 aliphatic carbocycles. The molecular weight excluding hydrogens is 396 g/mol. The zero-order chi connectivity index (χ0) is 19.7. The van der Waals surface area contributed by atoms with Crippen molar-refractivity contribution in [3.05, 3.63) is 70.9 Å². The number of phenolic OH excluding ortho intramolecular Hbond substituents is 1. The average Bonchev–Trinajstić information content (AvgIpc) is 2.95. The summed E-state index contributed by atoms with van der Waals surface area (Å²) in [5.74, 6) is -0.870. The quantitative estimate of drug-likeness (QED) is 0.508. The highest BCUT2D eigenvalue weighted by Gasteiger charge is 2.33. The van der Waals surface area contributed by atoms with E-state index in [0.717, 1.165) is 27.9 Å². The molecule has 0 radical (unpaired) electrons. The predicted octanol–water partition coefficient (Wildman–Crippen LogP) is 2.88. The van der Waals surface area contributed by atoms with Crippen LogP contribution in [0.15, 0.2) is 59.8 Å². The van der Waals surface area contributed by atoms with E-state index in [1.54, 1.807) is 18.5 Å². The van der Waals surface area contributed by atoms with Crippen LogP contribution in [0.3, 0.4) is 0 Å². The lowest BCUT2D eigenvalue weighted by Gasteiger charge is -2.15. The van der Waals surface area contributed by atoms with Crippen LogP contribution in [0.2, 0.25) is 0 Å². The van der Waals surface area contributed by atoms with E-state index in [0.29, 0.717) is 16.0 Å². The maximum absolute atomic E-state index is 12.7. The van der Waals surface area contributed by atoms with Crippen molar-refractivity contribution in [1.82, 2.24) is 20.4 Å². The van der Waals surface area contributed by atoms with Crippen molar-refractivity contribution in [3.8, 4) is 5.75 Å². The van der Waals surface area contributed by atoms with Crippen molar-refractivity contribution in [1.29, 1.82) is 0 Å². The lowest BCUT2D eigenvalue weighted by atomic mass is 10.2. The first-order chi connectivity index (χ1) is 13.5. The van der Waals surface area contributed by atoms with Crippen LogP contribution in [0, 0.1) is 0 Å². The van der Waals surface area contributed by atoms with E-state index in [-0.39, 0.29) is 10.1 Å². The summed E-state index contributed by atoms with van der Waals surface area (Å²) >= 11 is 6.33. The third-order valence-electron chi connectivity index (χ3n) is 3.93. The molecule has 2 N–H and O–H groups in total. The Kier molecular flexibility index (Phi) is 4.76. The standard InChI is InChI=1S/C19H12N4O3S2/c24-13-4-2-12(3-5-13)17(25)22-23-18(26)16(28-19(23)27)10-11-1-6-14-15(9-11)21-8-7-20-14/h1-10,24H,(H,22,25)/b16-10+. The number of nitrogens with zero attached hydrogens (tertiary/aromatic N) is 3. The van der Waals surface area contributed by atoms with E-state index in [1.807, 2.05) is 18.2 Å². The molecule has 0 spiro atoms. The van der Waals surface area contributed by atoms with Gasteiger partial charge in [-0.3, -0.25) is 25.0 Å². The summed E-state index contributed by atoms with van der Waals surface area (Å²) in [5, 5.41) is 10.4. The van der Waals surface area contributed by atoms with Gasteiger partial charge in [-0.25, -0.2) is 0 Å². The number of carbonyl (C=O) groups is 2. The lowest BCUT2D eigenvalue weighted by Crippen LogP contribution is -2.44. The molecule has 0 atom stereocenters. The first-order valence-corrected chi connectivity index (χ1v) is 9.32. The minimum Gasteiger partial charge on any atom is -0.508 e. The van der Waals surface area contributed by atoms with Crippen molar-refractivity contribution < 1.29 is 14.7 Å². The van der Waals surface area contributed by atoms with Gasteiger partial charge < -0.3 is 5.11 Å². The van der Waals surface area contributed by atoms with Gasteiger partial charge in [0.1, 0.15) is 5.75 Å². The molecule has 2 aromatic carbocycles. The molecule has 9 heteroatoms. The number of aromatic nitrogens is 2. The summed E-state index contributed by atoms with van der Waals surface area (Å²) < 4.78 is 0.226. The fraction of sp³-hybridized carbons (Fsp3) is 0. The molecule has 7 nitrogen and oxygen atoms in total. The molecule has 28 heavy (non-hydrogen) atoms. The Balaban J connectivity index is 1.55. The van der Waals surface area contributed by atoms with Gasteiger partial charge in [0.15, 0.2) is 4.32 Å². The van der Waals surface area contributed by atoms with E-state index in [1.165, 1.54) is 24.3 Å². The van der Waals surface area contributed by atoms with Crippen LogP contribution in [-0.2, 0) is 4.79 Å². The summed E-state index contributed by atoms with van der Waals surface area (Å²) in [6, 6.07) is 11.2. The van der Waals surface area contributed by atoms with Crippen molar-refractivity contribution in [3.63, 3.8) is 0 Å². The van der Waals surface area contributed by atoms with Crippen LogP contribution in [0.1, 0.15) is 15.9 Å². The van der Waals surface area contributed by atoms with Gasteiger partial charge in [-0.15, -0.1) is 0 Å².